The number of halogens is 1. The molecule has 0 saturated carbocycles. The van der Waals surface area contributed by atoms with Gasteiger partial charge in [0.25, 0.3) is 0 Å². The molecule has 0 bridgehead atoms. The molecular formula is C15H23BrN2. The molecule has 0 amide bonds. The van der Waals surface area contributed by atoms with E-state index in [0.717, 1.165) is 12.5 Å². The van der Waals surface area contributed by atoms with E-state index >= 15 is 0 Å². The minimum atomic E-state index is 0.820. The lowest BCUT2D eigenvalue weighted by Crippen LogP contribution is -2.36. The van der Waals surface area contributed by atoms with E-state index in [0.29, 0.717) is 0 Å². The van der Waals surface area contributed by atoms with E-state index in [2.05, 4.69) is 58.3 Å². The van der Waals surface area contributed by atoms with Crippen LogP contribution in [-0.2, 0) is 6.54 Å². The van der Waals surface area contributed by atoms with Gasteiger partial charge in [-0.3, -0.25) is 0 Å². The number of hydrogen-bond acceptors (Lipinski definition) is 2. The second-order valence-corrected chi connectivity index (χ2v) is 6.35. The third kappa shape index (κ3) is 4.08. The summed E-state index contributed by atoms with van der Waals surface area (Å²) in [4.78, 5) is 2.44. The summed E-state index contributed by atoms with van der Waals surface area (Å²) in [7, 11) is 2.23. The predicted octanol–water partition coefficient (Wildman–Crippen LogP) is 3.19. The number of piperidine rings is 1. The zero-order valence-electron chi connectivity index (χ0n) is 11.4. The Morgan fingerprint density at radius 2 is 2.28 bits per heavy atom. The molecule has 2 nitrogen and oxygen atoms in total. The molecule has 0 radical (unpaired) electrons. The molecule has 1 N–H and O–H groups in total. The van der Waals surface area contributed by atoms with Gasteiger partial charge in [0.1, 0.15) is 0 Å². The highest BCUT2D eigenvalue weighted by Crippen LogP contribution is 2.18. The molecule has 2 rings (SSSR count). The van der Waals surface area contributed by atoms with Gasteiger partial charge in [-0.05, 0) is 63.0 Å². The Bertz CT molecular complexity index is 386. The second-order valence-electron chi connectivity index (χ2n) is 5.49. The fourth-order valence-corrected chi connectivity index (χ4v) is 2.95. The molecule has 1 unspecified atom stereocenters. The monoisotopic (exact) mass is 310 g/mol. The molecule has 1 saturated heterocycles. The second kappa shape index (κ2) is 6.69. The molecule has 0 aliphatic carbocycles. The maximum Gasteiger partial charge on any atom is 0.0230 e. The fourth-order valence-electron chi connectivity index (χ4n) is 2.70. The van der Waals surface area contributed by atoms with Crippen LogP contribution < -0.4 is 5.32 Å². The third-order valence-corrected chi connectivity index (χ3v) is 4.53. The number of hydrogen-bond donors (Lipinski definition) is 1. The number of rotatable bonds is 4. The minimum absolute atomic E-state index is 0.820. The van der Waals surface area contributed by atoms with Crippen molar-refractivity contribution in [2.24, 2.45) is 5.92 Å². The molecule has 1 aliphatic heterocycles. The van der Waals surface area contributed by atoms with E-state index in [4.69, 9.17) is 0 Å². The number of aryl methyl sites for hydroxylation is 1. The van der Waals surface area contributed by atoms with E-state index < -0.39 is 0 Å². The Kier molecular flexibility index (Phi) is 5.22. The highest BCUT2D eigenvalue weighted by Gasteiger charge is 2.15. The first-order valence-corrected chi connectivity index (χ1v) is 7.59. The van der Waals surface area contributed by atoms with Gasteiger partial charge in [-0.15, -0.1) is 0 Å². The SMILES string of the molecule is Cc1cc(CN(C)CC2CCCNC2)ccc1Br. The molecule has 1 aromatic rings. The van der Waals surface area contributed by atoms with Crippen molar-refractivity contribution in [2.45, 2.75) is 26.3 Å². The summed E-state index contributed by atoms with van der Waals surface area (Å²) in [5.41, 5.74) is 2.72. The van der Waals surface area contributed by atoms with Crippen molar-refractivity contribution >= 4 is 15.9 Å². The summed E-state index contributed by atoms with van der Waals surface area (Å²) in [5.74, 6) is 0.820. The van der Waals surface area contributed by atoms with E-state index in [-0.39, 0.29) is 0 Å². The molecule has 1 aromatic carbocycles. The first kappa shape index (κ1) is 14.0. The zero-order valence-corrected chi connectivity index (χ0v) is 13.0. The van der Waals surface area contributed by atoms with Crippen LogP contribution in [0.5, 0.6) is 0 Å². The van der Waals surface area contributed by atoms with Crippen molar-refractivity contribution in [3.05, 3.63) is 33.8 Å². The first-order valence-electron chi connectivity index (χ1n) is 6.79. The van der Waals surface area contributed by atoms with Crippen LogP contribution in [0.25, 0.3) is 0 Å². The summed E-state index contributed by atoms with van der Waals surface area (Å²) in [6.45, 7) is 6.78. The Morgan fingerprint density at radius 3 is 2.94 bits per heavy atom. The topological polar surface area (TPSA) is 15.3 Å². The summed E-state index contributed by atoms with van der Waals surface area (Å²) < 4.78 is 1.20. The standard InChI is InChI=1S/C15H23BrN2/c1-12-8-13(5-6-15(12)16)10-18(2)11-14-4-3-7-17-9-14/h5-6,8,14,17H,3-4,7,9-11H2,1-2H3. The van der Waals surface area contributed by atoms with Gasteiger partial charge in [0.2, 0.25) is 0 Å². The van der Waals surface area contributed by atoms with Crippen LogP contribution in [0.1, 0.15) is 24.0 Å². The van der Waals surface area contributed by atoms with Crippen LogP contribution in [-0.4, -0.2) is 31.6 Å². The van der Waals surface area contributed by atoms with Gasteiger partial charge in [0.05, 0.1) is 0 Å². The smallest absolute Gasteiger partial charge is 0.0230 e. The normalized spacial score (nSPS) is 20.3. The van der Waals surface area contributed by atoms with Crippen molar-refractivity contribution in [3.8, 4) is 0 Å². The van der Waals surface area contributed by atoms with Gasteiger partial charge >= 0.3 is 0 Å². The van der Waals surface area contributed by atoms with E-state index in [1.165, 1.54) is 48.1 Å². The molecule has 3 heteroatoms. The van der Waals surface area contributed by atoms with Gasteiger partial charge in [-0.25, -0.2) is 0 Å². The van der Waals surface area contributed by atoms with Crippen LogP contribution in [0, 0.1) is 12.8 Å². The zero-order chi connectivity index (χ0) is 13.0. The molecular weight excluding hydrogens is 288 g/mol. The molecule has 0 aromatic heterocycles. The maximum atomic E-state index is 3.55. The Morgan fingerprint density at radius 1 is 1.44 bits per heavy atom. The third-order valence-electron chi connectivity index (χ3n) is 3.64. The molecule has 1 heterocycles. The quantitative estimate of drug-likeness (QED) is 0.919. The number of benzene rings is 1. The van der Waals surface area contributed by atoms with E-state index in [1.807, 2.05) is 0 Å². The summed E-state index contributed by atoms with van der Waals surface area (Å²) in [6, 6.07) is 6.65. The van der Waals surface area contributed by atoms with Gasteiger partial charge in [-0.2, -0.15) is 0 Å². The summed E-state index contributed by atoms with van der Waals surface area (Å²) >= 11 is 3.55. The van der Waals surface area contributed by atoms with Gasteiger partial charge in [0, 0.05) is 17.6 Å². The van der Waals surface area contributed by atoms with Crippen molar-refractivity contribution in [2.75, 3.05) is 26.7 Å². The molecule has 18 heavy (non-hydrogen) atoms. The fraction of sp³-hybridized carbons (Fsp3) is 0.600. The minimum Gasteiger partial charge on any atom is -0.316 e. The average molecular weight is 311 g/mol. The Balaban J connectivity index is 1.85. The Hall–Kier alpha value is -0.380. The highest BCUT2D eigenvalue weighted by atomic mass is 79.9. The number of nitrogens with one attached hydrogen (secondary N) is 1. The van der Waals surface area contributed by atoms with Gasteiger partial charge in [0.15, 0.2) is 0 Å². The van der Waals surface area contributed by atoms with Crippen LogP contribution in [0.3, 0.4) is 0 Å². The van der Waals surface area contributed by atoms with Crippen molar-refractivity contribution in [1.82, 2.24) is 10.2 Å². The summed E-state index contributed by atoms with van der Waals surface area (Å²) in [6.07, 6.45) is 2.70. The Labute approximate surface area is 119 Å². The predicted molar refractivity (Wildman–Crippen MR) is 80.8 cm³/mol. The molecule has 100 valence electrons. The highest BCUT2D eigenvalue weighted by molar-refractivity contribution is 9.10. The molecule has 0 spiro atoms. The van der Waals surface area contributed by atoms with E-state index in [1.54, 1.807) is 0 Å². The molecule has 1 atom stereocenters. The summed E-state index contributed by atoms with van der Waals surface area (Å²) in [5, 5.41) is 3.49. The molecule has 1 aliphatic rings. The maximum absolute atomic E-state index is 3.55. The van der Waals surface area contributed by atoms with Crippen molar-refractivity contribution < 1.29 is 0 Å². The number of nitrogens with zero attached hydrogens (tertiary/aromatic N) is 1. The molecule has 1 fully saturated rings. The van der Waals surface area contributed by atoms with E-state index in [9.17, 15) is 0 Å². The van der Waals surface area contributed by atoms with Gasteiger partial charge in [-0.1, -0.05) is 28.1 Å². The van der Waals surface area contributed by atoms with Crippen LogP contribution >= 0.6 is 15.9 Å². The largest absolute Gasteiger partial charge is 0.316 e. The van der Waals surface area contributed by atoms with Gasteiger partial charge < -0.3 is 10.2 Å². The average Bonchev–Trinajstić information content (AvgIpc) is 2.35. The van der Waals surface area contributed by atoms with Crippen LogP contribution in [0.15, 0.2) is 22.7 Å². The van der Waals surface area contributed by atoms with Crippen LogP contribution in [0.4, 0.5) is 0 Å². The van der Waals surface area contributed by atoms with Crippen molar-refractivity contribution in [1.29, 1.82) is 0 Å². The first-order chi connectivity index (χ1) is 8.65. The van der Waals surface area contributed by atoms with Crippen molar-refractivity contribution in [3.63, 3.8) is 0 Å². The lowest BCUT2D eigenvalue weighted by Gasteiger charge is -2.27. The lowest BCUT2D eigenvalue weighted by atomic mass is 9.99. The lowest BCUT2D eigenvalue weighted by molar-refractivity contribution is 0.237. The van der Waals surface area contributed by atoms with Crippen LogP contribution in [0.2, 0.25) is 0 Å².